The molecule has 0 aliphatic rings. The summed E-state index contributed by atoms with van der Waals surface area (Å²) in [6, 6.07) is 7.53. The average Bonchev–Trinajstić information content (AvgIpc) is 2.48. The van der Waals surface area contributed by atoms with Crippen LogP contribution in [0.4, 0.5) is 0 Å². The van der Waals surface area contributed by atoms with E-state index in [1.807, 2.05) is 38.1 Å². The van der Waals surface area contributed by atoms with Crippen LogP contribution in [0.3, 0.4) is 0 Å². The third kappa shape index (κ3) is 7.17. The molecule has 5 nitrogen and oxygen atoms in total. The van der Waals surface area contributed by atoms with Crippen molar-refractivity contribution in [2.24, 2.45) is 0 Å². The van der Waals surface area contributed by atoms with Gasteiger partial charge in [0.15, 0.2) is 0 Å². The second kappa shape index (κ2) is 8.81. The lowest BCUT2D eigenvalue weighted by Gasteiger charge is -2.00. The molecule has 0 aliphatic heterocycles. The highest BCUT2D eigenvalue weighted by molar-refractivity contribution is 5.65. The van der Waals surface area contributed by atoms with E-state index in [2.05, 4.69) is 9.97 Å². The molecule has 0 atom stereocenters. The average molecular weight is 288 g/mol. The fourth-order valence-electron chi connectivity index (χ4n) is 1.35. The number of ether oxygens (including phenoxy) is 1. The van der Waals surface area contributed by atoms with Gasteiger partial charge in [0.2, 0.25) is 0 Å². The van der Waals surface area contributed by atoms with Gasteiger partial charge in [-0.25, -0.2) is 0 Å². The van der Waals surface area contributed by atoms with E-state index in [-0.39, 0.29) is 19.2 Å². The first kappa shape index (κ1) is 16.8. The van der Waals surface area contributed by atoms with E-state index in [0.29, 0.717) is 0 Å². The molecular formula is C16H20N2O3. The summed E-state index contributed by atoms with van der Waals surface area (Å²) >= 11 is 0. The molecule has 0 aliphatic carbocycles. The molecular weight excluding hydrogens is 268 g/mol. The predicted molar refractivity (Wildman–Crippen MR) is 79.3 cm³/mol. The van der Waals surface area contributed by atoms with Gasteiger partial charge in [0.05, 0.1) is 18.0 Å². The summed E-state index contributed by atoms with van der Waals surface area (Å²) in [6.45, 7) is 5.60. The molecule has 0 spiro atoms. The molecule has 0 bridgehead atoms. The van der Waals surface area contributed by atoms with Crippen LogP contribution in [0, 0.1) is 13.8 Å². The molecule has 2 aromatic heterocycles. The zero-order valence-corrected chi connectivity index (χ0v) is 12.5. The van der Waals surface area contributed by atoms with Crippen LogP contribution in [0.5, 0.6) is 0 Å². The minimum atomic E-state index is -0.280. The number of aliphatic hydroxyl groups is 1. The maximum atomic E-state index is 10.4. The van der Waals surface area contributed by atoms with Gasteiger partial charge in [-0.2, -0.15) is 0 Å². The van der Waals surface area contributed by atoms with Crippen LogP contribution in [-0.4, -0.2) is 21.0 Å². The number of hydrogen-bond donors (Lipinski definition) is 1. The lowest BCUT2D eigenvalue weighted by Crippen LogP contribution is -2.00. The van der Waals surface area contributed by atoms with Crippen molar-refractivity contribution < 1.29 is 14.6 Å². The monoisotopic (exact) mass is 288 g/mol. The van der Waals surface area contributed by atoms with E-state index in [1.165, 1.54) is 6.92 Å². The van der Waals surface area contributed by atoms with Gasteiger partial charge in [0.1, 0.15) is 6.61 Å². The number of aryl methyl sites for hydroxylation is 2. The van der Waals surface area contributed by atoms with Gasteiger partial charge in [0, 0.05) is 19.3 Å². The Morgan fingerprint density at radius 1 is 1.05 bits per heavy atom. The van der Waals surface area contributed by atoms with Gasteiger partial charge in [-0.05, 0) is 37.1 Å². The number of carbonyl (C=O) groups excluding carboxylic acids is 1. The van der Waals surface area contributed by atoms with E-state index in [9.17, 15) is 4.79 Å². The number of carbonyl (C=O) groups is 1. The molecule has 2 heterocycles. The summed E-state index contributed by atoms with van der Waals surface area (Å²) in [7, 11) is 0. The Morgan fingerprint density at radius 2 is 1.57 bits per heavy atom. The molecule has 0 saturated heterocycles. The van der Waals surface area contributed by atoms with Crippen molar-refractivity contribution in [3.8, 4) is 0 Å². The second-order valence-electron chi connectivity index (χ2n) is 4.59. The SMILES string of the molecule is CC(=O)OCc1ccc(C)cn1.Cc1ccc(CO)nc1. The van der Waals surface area contributed by atoms with E-state index in [0.717, 1.165) is 22.5 Å². The summed E-state index contributed by atoms with van der Waals surface area (Å²) in [5.74, 6) is -0.280. The lowest BCUT2D eigenvalue weighted by atomic mass is 10.3. The fraction of sp³-hybridized carbons (Fsp3) is 0.312. The Hall–Kier alpha value is -2.27. The highest BCUT2D eigenvalue weighted by atomic mass is 16.5. The van der Waals surface area contributed by atoms with Crippen LogP contribution in [0.25, 0.3) is 0 Å². The quantitative estimate of drug-likeness (QED) is 0.878. The Balaban J connectivity index is 0.000000219. The molecule has 112 valence electrons. The largest absolute Gasteiger partial charge is 0.459 e. The van der Waals surface area contributed by atoms with Crippen molar-refractivity contribution in [1.29, 1.82) is 0 Å². The van der Waals surface area contributed by atoms with Gasteiger partial charge >= 0.3 is 5.97 Å². The third-order valence-electron chi connectivity index (χ3n) is 2.53. The maximum absolute atomic E-state index is 10.4. The first-order valence-electron chi connectivity index (χ1n) is 6.58. The van der Waals surface area contributed by atoms with E-state index in [1.54, 1.807) is 12.4 Å². The molecule has 0 amide bonds. The molecule has 0 saturated carbocycles. The summed E-state index contributed by atoms with van der Waals surface area (Å²) in [6.07, 6.45) is 3.49. The molecule has 0 fully saturated rings. The van der Waals surface area contributed by atoms with E-state index < -0.39 is 0 Å². The fourth-order valence-corrected chi connectivity index (χ4v) is 1.35. The topological polar surface area (TPSA) is 72.3 Å². The van der Waals surface area contributed by atoms with Crippen LogP contribution in [-0.2, 0) is 22.7 Å². The number of pyridine rings is 2. The summed E-state index contributed by atoms with van der Waals surface area (Å²) in [5.41, 5.74) is 3.71. The summed E-state index contributed by atoms with van der Waals surface area (Å²) in [4.78, 5) is 18.5. The normalized spacial score (nSPS) is 9.52. The Kier molecular flexibility index (Phi) is 7.04. The Morgan fingerprint density at radius 3 is 1.95 bits per heavy atom. The summed E-state index contributed by atoms with van der Waals surface area (Å²) in [5, 5.41) is 8.57. The third-order valence-corrected chi connectivity index (χ3v) is 2.53. The molecule has 0 aromatic carbocycles. The zero-order valence-electron chi connectivity index (χ0n) is 12.5. The number of hydrogen-bond acceptors (Lipinski definition) is 5. The van der Waals surface area contributed by atoms with Crippen LogP contribution >= 0.6 is 0 Å². The van der Waals surface area contributed by atoms with Gasteiger partial charge in [-0.3, -0.25) is 14.8 Å². The number of rotatable bonds is 3. The Labute approximate surface area is 124 Å². The smallest absolute Gasteiger partial charge is 0.303 e. The number of nitrogens with zero attached hydrogens (tertiary/aromatic N) is 2. The van der Waals surface area contributed by atoms with Crippen molar-refractivity contribution >= 4 is 5.97 Å². The summed E-state index contributed by atoms with van der Waals surface area (Å²) < 4.78 is 4.77. The van der Waals surface area contributed by atoms with Crippen molar-refractivity contribution in [2.75, 3.05) is 0 Å². The second-order valence-corrected chi connectivity index (χ2v) is 4.59. The standard InChI is InChI=1S/C9H11NO2.C7H9NO/c1-7-3-4-9(10-5-7)6-12-8(2)11;1-6-2-3-7(5-9)8-4-6/h3-5H,6H2,1-2H3;2-4,9H,5H2,1H3. The first-order valence-corrected chi connectivity index (χ1v) is 6.58. The molecule has 21 heavy (non-hydrogen) atoms. The molecule has 5 heteroatoms. The lowest BCUT2D eigenvalue weighted by molar-refractivity contribution is -0.142. The van der Waals surface area contributed by atoms with Crippen LogP contribution in [0.2, 0.25) is 0 Å². The van der Waals surface area contributed by atoms with Crippen molar-refractivity contribution in [1.82, 2.24) is 9.97 Å². The van der Waals surface area contributed by atoms with Gasteiger partial charge < -0.3 is 9.84 Å². The molecule has 1 N–H and O–H groups in total. The molecule has 2 rings (SSSR count). The highest BCUT2D eigenvalue weighted by Crippen LogP contribution is 2.00. The highest BCUT2D eigenvalue weighted by Gasteiger charge is 1.96. The van der Waals surface area contributed by atoms with E-state index in [4.69, 9.17) is 9.84 Å². The van der Waals surface area contributed by atoms with Crippen molar-refractivity contribution in [3.63, 3.8) is 0 Å². The van der Waals surface area contributed by atoms with Crippen molar-refractivity contribution in [3.05, 3.63) is 59.2 Å². The molecule has 0 unspecified atom stereocenters. The van der Waals surface area contributed by atoms with Gasteiger partial charge in [-0.15, -0.1) is 0 Å². The number of aromatic nitrogens is 2. The van der Waals surface area contributed by atoms with E-state index >= 15 is 0 Å². The molecule has 2 aromatic rings. The van der Waals surface area contributed by atoms with Crippen LogP contribution in [0.15, 0.2) is 36.7 Å². The van der Waals surface area contributed by atoms with Crippen LogP contribution in [0.1, 0.15) is 29.4 Å². The van der Waals surface area contributed by atoms with Gasteiger partial charge in [0.25, 0.3) is 0 Å². The Bertz CT molecular complexity index is 551. The minimum absolute atomic E-state index is 0.0281. The van der Waals surface area contributed by atoms with Crippen molar-refractivity contribution in [2.45, 2.75) is 34.0 Å². The minimum Gasteiger partial charge on any atom is -0.459 e. The predicted octanol–water partition coefficient (Wildman–Crippen LogP) is 2.34. The zero-order chi connectivity index (χ0) is 15.7. The molecule has 0 radical (unpaired) electrons. The van der Waals surface area contributed by atoms with Crippen LogP contribution < -0.4 is 0 Å². The number of aliphatic hydroxyl groups excluding tert-OH is 1. The maximum Gasteiger partial charge on any atom is 0.303 e. The first-order chi connectivity index (χ1) is 10.0. The van der Waals surface area contributed by atoms with Gasteiger partial charge in [-0.1, -0.05) is 12.1 Å². The number of esters is 1.